The SMILES string of the molecule is CC(C)(C)CC(CO)NC(=O)NC(C1CC1)C1CC1. The average Bonchev–Trinajstić information content (AvgIpc) is 3.14. The number of carbonyl (C=O) groups is 1. The van der Waals surface area contributed by atoms with Gasteiger partial charge in [0.1, 0.15) is 0 Å². The molecule has 0 heterocycles. The number of hydrogen-bond acceptors (Lipinski definition) is 2. The number of carbonyl (C=O) groups excluding carboxylic acids is 1. The Bertz CT molecular complexity index is 305. The molecule has 4 nitrogen and oxygen atoms in total. The highest BCUT2D eigenvalue weighted by Gasteiger charge is 2.42. The molecule has 0 aromatic rings. The van der Waals surface area contributed by atoms with Gasteiger partial charge in [-0.2, -0.15) is 0 Å². The van der Waals surface area contributed by atoms with Gasteiger partial charge in [0, 0.05) is 6.04 Å². The summed E-state index contributed by atoms with van der Waals surface area (Å²) < 4.78 is 0. The van der Waals surface area contributed by atoms with Crippen molar-refractivity contribution in [3.63, 3.8) is 0 Å². The molecule has 2 aliphatic rings. The molecule has 2 fully saturated rings. The second-order valence-corrected chi connectivity index (χ2v) is 7.46. The Morgan fingerprint density at radius 2 is 1.68 bits per heavy atom. The summed E-state index contributed by atoms with van der Waals surface area (Å²) in [7, 11) is 0. The zero-order valence-electron chi connectivity index (χ0n) is 12.4. The van der Waals surface area contributed by atoms with Crippen molar-refractivity contribution in [2.75, 3.05) is 6.61 Å². The summed E-state index contributed by atoms with van der Waals surface area (Å²) in [5.74, 6) is 1.40. The van der Waals surface area contributed by atoms with Gasteiger partial charge in [0.15, 0.2) is 0 Å². The van der Waals surface area contributed by atoms with Crippen LogP contribution in [-0.2, 0) is 0 Å². The molecule has 0 radical (unpaired) electrons. The van der Waals surface area contributed by atoms with E-state index in [4.69, 9.17) is 0 Å². The number of amides is 2. The van der Waals surface area contributed by atoms with Gasteiger partial charge >= 0.3 is 6.03 Å². The van der Waals surface area contributed by atoms with Crippen molar-refractivity contribution in [2.45, 2.75) is 65.0 Å². The lowest BCUT2D eigenvalue weighted by molar-refractivity contribution is 0.188. The van der Waals surface area contributed by atoms with Crippen LogP contribution in [0.15, 0.2) is 0 Å². The van der Waals surface area contributed by atoms with Crippen LogP contribution < -0.4 is 10.6 Å². The maximum atomic E-state index is 12.0. The minimum Gasteiger partial charge on any atom is -0.394 e. The first-order chi connectivity index (χ1) is 8.89. The predicted molar refractivity (Wildman–Crippen MR) is 75.8 cm³/mol. The molecule has 2 amide bonds. The van der Waals surface area contributed by atoms with Crippen molar-refractivity contribution >= 4 is 6.03 Å². The van der Waals surface area contributed by atoms with Gasteiger partial charge in [0.05, 0.1) is 12.6 Å². The maximum Gasteiger partial charge on any atom is 0.315 e. The smallest absolute Gasteiger partial charge is 0.315 e. The normalized spacial score (nSPS) is 21.3. The van der Waals surface area contributed by atoms with Crippen LogP contribution in [0.25, 0.3) is 0 Å². The molecular formula is C15H28N2O2. The zero-order valence-corrected chi connectivity index (χ0v) is 12.4. The highest BCUT2D eigenvalue weighted by atomic mass is 16.3. The van der Waals surface area contributed by atoms with Crippen molar-refractivity contribution in [2.24, 2.45) is 17.3 Å². The van der Waals surface area contributed by atoms with Crippen LogP contribution in [0.4, 0.5) is 4.79 Å². The van der Waals surface area contributed by atoms with Crippen molar-refractivity contribution < 1.29 is 9.90 Å². The molecule has 110 valence electrons. The fourth-order valence-corrected chi connectivity index (χ4v) is 2.81. The van der Waals surface area contributed by atoms with Gasteiger partial charge < -0.3 is 15.7 Å². The van der Waals surface area contributed by atoms with Gasteiger partial charge in [-0.05, 0) is 49.4 Å². The Labute approximate surface area is 116 Å². The number of rotatable bonds is 6. The number of urea groups is 1. The fraction of sp³-hybridized carbons (Fsp3) is 0.933. The zero-order chi connectivity index (χ0) is 14.0. The summed E-state index contributed by atoms with van der Waals surface area (Å²) in [6.45, 7) is 6.35. The Kier molecular flexibility index (Phi) is 4.39. The van der Waals surface area contributed by atoms with Gasteiger partial charge in [0.2, 0.25) is 0 Å². The van der Waals surface area contributed by atoms with Crippen LogP contribution in [0.3, 0.4) is 0 Å². The Balaban J connectivity index is 1.78. The molecule has 2 saturated carbocycles. The van der Waals surface area contributed by atoms with E-state index in [-0.39, 0.29) is 24.1 Å². The molecule has 0 spiro atoms. The van der Waals surface area contributed by atoms with E-state index < -0.39 is 0 Å². The van der Waals surface area contributed by atoms with Crippen LogP contribution in [0.2, 0.25) is 0 Å². The minimum absolute atomic E-state index is 0.00220. The lowest BCUT2D eigenvalue weighted by Gasteiger charge is -2.26. The molecule has 3 N–H and O–H groups in total. The summed E-state index contributed by atoms with van der Waals surface area (Å²) in [5.41, 5.74) is 0.104. The summed E-state index contributed by atoms with van der Waals surface area (Å²) in [6.07, 6.45) is 5.81. The van der Waals surface area contributed by atoms with Crippen LogP contribution in [-0.4, -0.2) is 29.8 Å². The van der Waals surface area contributed by atoms with E-state index in [1.807, 2.05) is 0 Å². The maximum absolute atomic E-state index is 12.0. The molecular weight excluding hydrogens is 240 g/mol. The number of aliphatic hydroxyl groups excluding tert-OH is 1. The van der Waals surface area contributed by atoms with E-state index in [2.05, 4.69) is 31.4 Å². The van der Waals surface area contributed by atoms with Crippen LogP contribution >= 0.6 is 0 Å². The summed E-state index contributed by atoms with van der Waals surface area (Å²) >= 11 is 0. The number of aliphatic hydroxyl groups is 1. The van der Waals surface area contributed by atoms with Gasteiger partial charge in [-0.25, -0.2) is 4.79 Å². The lowest BCUT2D eigenvalue weighted by atomic mass is 9.88. The molecule has 2 aliphatic carbocycles. The van der Waals surface area contributed by atoms with Gasteiger partial charge in [0.25, 0.3) is 0 Å². The first kappa shape index (κ1) is 14.6. The van der Waals surface area contributed by atoms with Crippen LogP contribution in [0.1, 0.15) is 52.9 Å². The van der Waals surface area contributed by atoms with Gasteiger partial charge in [-0.1, -0.05) is 20.8 Å². The van der Waals surface area contributed by atoms with Gasteiger partial charge in [-0.15, -0.1) is 0 Å². The molecule has 2 rings (SSSR count). The van der Waals surface area contributed by atoms with E-state index in [1.54, 1.807) is 0 Å². The lowest BCUT2D eigenvalue weighted by Crippen LogP contribution is -2.49. The number of nitrogens with one attached hydrogen (secondary N) is 2. The Morgan fingerprint density at radius 3 is 2.05 bits per heavy atom. The molecule has 1 atom stereocenters. The molecule has 1 unspecified atom stereocenters. The summed E-state index contributed by atoms with van der Waals surface area (Å²) in [6, 6.07) is 0.111. The van der Waals surface area contributed by atoms with Crippen LogP contribution in [0.5, 0.6) is 0 Å². The topological polar surface area (TPSA) is 61.4 Å². The van der Waals surface area contributed by atoms with E-state index in [1.165, 1.54) is 25.7 Å². The van der Waals surface area contributed by atoms with E-state index >= 15 is 0 Å². The average molecular weight is 268 g/mol. The highest BCUT2D eigenvalue weighted by molar-refractivity contribution is 5.74. The summed E-state index contributed by atoms with van der Waals surface area (Å²) in [4.78, 5) is 12.0. The highest BCUT2D eigenvalue weighted by Crippen LogP contribution is 2.44. The largest absolute Gasteiger partial charge is 0.394 e. The molecule has 0 aromatic heterocycles. The predicted octanol–water partition coefficient (Wildman–Crippen LogP) is 2.27. The quantitative estimate of drug-likeness (QED) is 0.692. The van der Waals surface area contributed by atoms with Crippen LogP contribution in [0, 0.1) is 17.3 Å². The first-order valence-electron chi connectivity index (χ1n) is 7.57. The Morgan fingerprint density at radius 1 is 1.16 bits per heavy atom. The molecule has 19 heavy (non-hydrogen) atoms. The van der Waals surface area contributed by atoms with Gasteiger partial charge in [-0.3, -0.25) is 0 Å². The third-order valence-electron chi connectivity index (χ3n) is 3.97. The molecule has 0 saturated heterocycles. The van der Waals surface area contributed by atoms with Crippen molar-refractivity contribution in [3.8, 4) is 0 Å². The number of hydrogen-bond donors (Lipinski definition) is 3. The molecule has 0 aliphatic heterocycles. The van der Waals surface area contributed by atoms with Crippen molar-refractivity contribution in [1.82, 2.24) is 10.6 Å². The molecule has 0 bridgehead atoms. The summed E-state index contributed by atoms with van der Waals surface area (Å²) in [5, 5.41) is 15.4. The fourth-order valence-electron chi connectivity index (χ4n) is 2.81. The van der Waals surface area contributed by atoms with E-state index in [0.29, 0.717) is 17.9 Å². The minimum atomic E-state index is -0.154. The standard InChI is InChI=1S/C15H28N2O2/c1-15(2,3)8-12(9-18)16-14(19)17-13(10-4-5-10)11-6-7-11/h10-13,18H,4-9H2,1-3H3,(H2,16,17,19). The van der Waals surface area contributed by atoms with Crippen molar-refractivity contribution in [3.05, 3.63) is 0 Å². The monoisotopic (exact) mass is 268 g/mol. The second kappa shape index (κ2) is 5.70. The molecule has 4 heteroatoms. The second-order valence-electron chi connectivity index (χ2n) is 7.46. The van der Waals surface area contributed by atoms with E-state index in [9.17, 15) is 9.90 Å². The Hall–Kier alpha value is -0.770. The first-order valence-corrected chi connectivity index (χ1v) is 7.57. The van der Waals surface area contributed by atoms with E-state index in [0.717, 1.165) is 6.42 Å². The third-order valence-corrected chi connectivity index (χ3v) is 3.97. The van der Waals surface area contributed by atoms with Crippen molar-refractivity contribution in [1.29, 1.82) is 0 Å². The third kappa shape index (κ3) is 5.01. The molecule has 0 aromatic carbocycles.